The minimum absolute atomic E-state index is 0.520. The van der Waals surface area contributed by atoms with Gasteiger partial charge in [0, 0.05) is 11.4 Å². The number of halogens is 1. The number of ether oxygens (including phenoxy) is 1. The number of nitrogens with two attached hydrogens (primary N) is 1. The molecule has 0 bridgehead atoms. The second-order valence-corrected chi connectivity index (χ2v) is 4.80. The van der Waals surface area contributed by atoms with E-state index in [1.807, 2.05) is 12.1 Å². The van der Waals surface area contributed by atoms with Crippen molar-refractivity contribution in [1.82, 2.24) is 0 Å². The quantitative estimate of drug-likeness (QED) is 0.877. The van der Waals surface area contributed by atoms with Crippen LogP contribution in [0.5, 0.6) is 5.75 Å². The largest absolute Gasteiger partial charge is 0.493 e. The van der Waals surface area contributed by atoms with Crippen LogP contribution in [0, 0.1) is 5.92 Å². The van der Waals surface area contributed by atoms with E-state index in [0.29, 0.717) is 5.92 Å². The second-order valence-electron chi connectivity index (χ2n) is 4.37. The average Bonchev–Trinajstić information content (AvgIpc) is 2.73. The lowest BCUT2D eigenvalue weighted by Gasteiger charge is -2.15. The molecule has 2 rings (SSSR count). The van der Waals surface area contributed by atoms with E-state index in [0.717, 1.165) is 43.2 Å². The van der Waals surface area contributed by atoms with Crippen molar-refractivity contribution in [3.63, 3.8) is 0 Å². The molecule has 1 atom stereocenters. The van der Waals surface area contributed by atoms with Crippen LogP contribution in [0.15, 0.2) is 12.1 Å². The Bertz CT molecular complexity index is 374. The molecule has 0 saturated heterocycles. The highest BCUT2D eigenvalue weighted by molar-refractivity contribution is 6.30. The van der Waals surface area contributed by atoms with Crippen LogP contribution in [-0.2, 0) is 12.8 Å². The van der Waals surface area contributed by atoms with Crippen molar-refractivity contribution in [2.24, 2.45) is 11.7 Å². The molecule has 16 heavy (non-hydrogen) atoms. The van der Waals surface area contributed by atoms with Crippen molar-refractivity contribution >= 4 is 11.6 Å². The van der Waals surface area contributed by atoms with E-state index in [1.165, 1.54) is 11.1 Å². The SMILES string of the molecule is CCC(CN)Cc1cc(Cl)cc2c1OCC2. The van der Waals surface area contributed by atoms with Gasteiger partial charge in [0.25, 0.3) is 0 Å². The van der Waals surface area contributed by atoms with Crippen molar-refractivity contribution in [2.75, 3.05) is 13.2 Å². The number of benzene rings is 1. The smallest absolute Gasteiger partial charge is 0.125 e. The Kier molecular flexibility index (Phi) is 3.72. The summed E-state index contributed by atoms with van der Waals surface area (Å²) in [6.45, 7) is 3.67. The Balaban J connectivity index is 2.26. The van der Waals surface area contributed by atoms with E-state index in [1.54, 1.807) is 0 Å². The predicted octanol–water partition coefficient (Wildman–Crippen LogP) is 2.80. The van der Waals surface area contributed by atoms with Gasteiger partial charge in [0.1, 0.15) is 5.75 Å². The van der Waals surface area contributed by atoms with Crippen LogP contribution in [0.4, 0.5) is 0 Å². The fourth-order valence-corrected chi connectivity index (χ4v) is 2.47. The number of hydrogen-bond donors (Lipinski definition) is 1. The molecule has 0 saturated carbocycles. The summed E-state index contributed by atoms with van der Waals surface area (Å²) in [6, 6.07) is 4.03. The zero-order valence-corrected chi connectivity index (χ0v) is 10.4. The molecule has 1 aromatic carbocycles. The first-order chi connectivity index (χ1) is 7.74. The fraction of sp³-hybridized carbons (Fsp3) is 0.538. The Morgan fingerprint density at radius 1 is 1.50 bits per heavy atom. The molecule has 2 N–H and O–H groups in total. The average molecular weight is 240 g/mol. The van der Waals surface area contributed by atoms with E-state index in [4.69, 9.17) is 22.1 Å². The summed E-state index contributed by atoms with van der Waals surface area (Å²) < 4.78 is 5.68. The summed E-state index contributed by atoms with van der Waals surface area (Å²) in [5.41, 5.74) is 8.21. The van der Waals surface area contributed by atoms with E-state index in [-0.39, 0.29) is 0 Å². The van der Waals surface area contributed by atoms with Crippen molar-refractivity contribution in [3.05, 3.63) is 28.3 Å². The topological polar surface area (TPSA) is 35.2 Å². The van der Waals surface area contributed by atoms with Crippen LogP contribution in [0.3, 0.4) is 0 Å². The first-order valence-electron chi connectivity index (χ1n) is 5.88. The van der Waals surface area contributed by atoms with Crippen LogP contribution < -0.4 is 10.5 Å². The third-order valence-corrected chi connectivity index (χ3v) is 3.46. The maximum Gasteiger partial charge on any atom is 0.125 e. The van der Waals surface area contributed by atoms with Crippen molar-refractivity contribution in [3.8, 4) is 5.75 Å². The molecule has 1 aliphatic heterocycles. The van der Waals surface area contributed by atoms with Gasteiger partial charge in [-0.2, -0.15) is 0 Å². The number of rotatable bonds is 4. The third kappa shape index (κ3) is 2.33. The van der Waals surface area contributed by atoms with Crippen LogP contribution in [0.2, 0.25) is 5.02 Å². The highest BCUT2D eigenvalue weighted by atomic mass is 35.5. The summed E-state index contributed by atoms with van der Waals surface area (Å²) in [4.78, 5) is 0. The van der Waals surface area contributed by atoms with Gasteiger partial charge >= 0.3 is 0 Å². The Hall–Kier alpha value is -0.730. The molecule has 0 amide bonds. The molecule has 1 unspecified atom stereocenters. The van der Waals surface area contributed by atoms with Crippen molar-refractivity contribution < 1.29 is 4.74 Å². The highest BCUT2D eigenvalue weighted by Crippen LogP contribution is 2.34. The van der Waals surface area contributed by atoms with E-state index in [9.17, 15) is 0 Å². The van der Waals surface area contributed by atoms with Crippen LogP contribution >= 0.6 is 11.6 Å². The van der Waals surface area contributed by atoms with Gasteiger partial charge in [-0.1, -0.05) is 24.9 Å². The lowest BCUT2D eigenvalue weighted by atomic mass is 9.95. The summed E-state index contributed by atoms with van der Waals surface area (Å²) in [6.07, 6.45) is 3.04. The summed E-state index contributed by atoms with van der Waals surface area (Å²) in [5, 5.41) is 0.811. The minimum atomic E-state index is 0.520. The molecule has 0 aliphatic carbocycles. The maximum absolute atomic E-state index is 6.11. The lowest BCUT2D eigenvalue weighted by molar-refractivity contribution is 0.350. The van der Waals surface area contributed by atoms with Gasteiger partial charge in [0.05, 0.1) is 6.61 Å². The van der Waals surface area contributed by atoms with Gasteiger partial charge in [-0.15, -0.1) is 0 Å². The minimum Gasteiger partial charge on any atom is -0.493 e. The summed E-state index contributed by atoms with van der Waals surface area (Å²) >= 11 is 6.11. The van der Waals surface area contributed by atoms with Gasteiger partial charge in [0.15, 0.2) is 0 Å². The van der Waals surface area contributed by atoms with Crippen LogP contribution in [0.1, 0.15) is 24.5 Å². The molecular formula is C13H18ClNO. The molecule has 0 aromatic heterocycles. The first-order valence-corrected chi connectivity index (χ1v) is 6.26. The molecule has 2 nitrogen and oxygen atoms in total. The van der Waals surface area contributed by atoms with Crippen molar-refractivity contribution in [1.29, 1.82) is 0 Å². The third-order valence-electron chi connectivity index (χ3n) is 3.24. The van der Waals surface area contributed by atoms with Crippen molar-refractivity contribution in [2.45, 2.75) is 26.2 Å². The molecule has 88 valence electrons. The van der Waals surface area contributed by atoms with E-state index < -0.39 is 0 Å². The summed E-state index contributed by atoms with van der Waals surface area (Å²) in [7, 11) is 0. The summed E-state index contributed by atoms with van der Waals surface area (Å²) in [5.74, 6) is 1.57. The van der Waals surface area contributed by atoms with Crippen LogP contribution in [-0.4, -0.2) is 13.2 Å². The second kappa shape index (κ2) is 5.07. The molecule has 1 heterocycles. The standard InChI is InChI=1S/C13H18ClNO/c1-2-9(8-15)5-11-7-12(14)6-10-3-4-16-13(10)11/h6-7,9H,2-5,8,15H2,1H3. The van der Waals surface area contributed by atoms with E-state index in [2.05, 4.69) is 6.92 Å². The van der Waals surface area contributed by atoms with Crippen LogP contribution in [0.25, 0.3) is 0 Å². The van der Waals surface area contributed by atoms with Gasteiger partial charge in [0.2, 0.25) is 0 Å². The molecule has 1 aromatic rings. The first kappa shape index (κ1) is 11.7. The van der Waals surface area contributed by atoms with Gasteiger partial charge in [-0.05, 0) is 42.1 Å². The molecule has 3 heteroatoms. The number of hydrogen-bond acceptors (Lipinski definition) is 2. The fourth-order valence-electron chi connectivity index (χ4n) is 2.20. The normalized spacial score (nSPS) is 15.7. The molecule has 0 spiro atoms. The molecular weight excluding hydrogens is 222 g/mol. The monoisotopic (exact) mass is 239 g/mol. The molecule has 1 aliphatic rings. The molecule has 0 radical (unpaired) electrons. The number of fused-ring (bicyclic) bond motifs is 1. The highest BCUT2D eigenvalue weighted by Gasteiger charge is 2.19. The van der Waals surface area contributed by atoms with E-state index >= 15 is 0 Å². The zero-order chi connectivity index (χ0) is 11.5. The van der Waals surface area contributed by atoms with Gasteiger partial charge < -0.3 is 10.5 Å². The molecule has 0 fully saturated rings. The Labute approximate surface area is 102 Å². The van der Waals surface area contributed by atoms with Gasteiger partial charge in [-0.25, -0.2) is 0 Å². The maximum atomic E-state index is 6.11. The zero-order valence-electron chi connectivity index (χ0n) is 9.63. The lowest BCUT2D eigenvalue weighted by Crippen LogP contribution is -2.16. The predicted molar refractivity (Wildman–Crippen MR) is 67.2 cm³/mol. The Morgan fingerprint density at radius 2 is 2.31 bits per heavy atom. The Morgan fingerprint density at radius 3 is 3.00 bits per heavy atom. The van der Waals surface area contributed by atoms with Gasteiger partial charge in [-0.3, -0.25) is 0 Å².